The molecule has 0 saturated heterocycles. The van der Waals surface area contributed by atoms with Crippen LogP contribution in [0.5, 0.6) is 0 Å². The van der Waals surface area contributed by atoms with Crippen molar-refractivity contribution in [2.45, 2.75) is 25.3 Å². The number of benzene rings is 2. The Morgan fingerprint density at radius 3 is 2.73 bits per heavy atom. The number of aromatic nitrogens is 1. The molecule has 0 bridgehead atoms. The molecule has 0 radical (unpaired) electrons. The number of nitrogens with one attached hydrogen (secondary N) is 3. The predicted molar refractivity (Wildman–Crippen MR) is 115 cm³/mol. The van der Waals surface area contributed by atoms with E-state index in [1.807, 2.05) is 19.2 Å². The van der Waals surface area contributed by atoms with Crippen LogP contribution < -0.4 is 16.0 Å². The van der Waals surface area contributed by atoms with Crippen molar-refractivity contribution < 1.29 is 14.4 Å². The van der Waals surface area contributed by atoms with Crippen molar-refractivity contribution in [1.82, 2.24) is 15.2 Å². The first kappa shape index (κ1) is 19.7. The summed E-state index contributed by atoms with van der Waals surface area (Å²) < 4.78 is 2.08. The second-order valence-electron chi connectivity index (χ2n) is 7.48. The fraction of sp³-hybridized carbons (Fsp3) is 0.261. The molecular weight excluding hydrogens is 380 g/mol. The molecule has 1 aromatic heterocycles. The van der Waals surface area contributed by atoms with Gasteiger partial charge in [-0.3, -0.25) is 14.4 Å². The molecular formula is C23H24N4O3. The number of amides is 3. The zero-order chi connectivity index (χ0) is 21.1. The van der Waals surface area contributed by atoms with Crippen molar-refractivity contribution in [2.75, 3.05) is 11.9 Å². The number of aryl methyl sites for hydroxylation is 1. The lowest BCUT2D eigenvalue weighted by Crippen LogP contribution is -2.42. The number of rotatable bonds is 6. The van der Waals surface area contributed by atoms with Gasteiger partial charge in [-0.25, -0.2) is 0 Å². The van der Waals surface area contributed by atoms with E-state index in [9.17, 15) is 14.4 Å². The SMILES string of the molecule is Cn1cc(CCNC(=O)CCC2NC(=O)c3ccccc3NC2=O)c2ccccc21. The molecule has 154 valence electrons. The van der Waals surface area contributed by atoms with E-state index < -0.39 is 6.04 Å². The zero-order valence-corrected chi connectivity index (χ0v) is 16.8. The molecule has 30 heavy (non-hydrogen) atoms. The smallest absolute Gasteiger partial charge is 0.254 e. The number of hydrogen-bond acceptors (Lipinski definition) is 3. The number of hydrogen-bond donors (Lipinski definition) is 3. The average molecular weight is 404 g/mol. The molecule has 3 amide bonds. The highest BCUT2D eigenvalue weighted by atomic mass is 16.2. The normalized spacial score (nSPS) is 15.8. The van der Waals surface area contributed by atoms with E-state index in [1.165, 1.54) is 10.9 Å². The highest BCUT2D eigenvalue weighted by molar-refractivity contribution is 6.09. The molecule has 7 nitrogen and oxygen atoms in total. The van der Waals surface area contributed by atoms with Gasteiger partial charge in [0.25, 0.3) is 5.91 Å². The van der Waals surface area contributed by atoms with Crippen LogP contribution in [0, 0.1) is 0 Å². The standard InChI is InChI=1S/C23H24N4O3/c1-27-14-15(16-6-3-5-9-20(16)27)12-13-24-21(28)11-10-19-23(30)25-18-8-4-2-7-17(18)22(29)26-19/h2-9,14,19H,10-13H2,1H3,(H,24,28)(H,25,30)(H,26,29). The maximum Gasteiger partial charge on any atom is 0.254 e. The molecule has 3 N–H and O–H groups in total. The molecule has 0 saturated carbocycles. The first-order valence-electron chi connectivity index (χ1n) is 10.0. The van der Waals surface area contributed by atoms with Gasteiger partial charge in [0.05, 0.1) is 11.3 Å². The highest BCUT2D eigenvalue weighted by Gasteiger charge is 2.27. The van der Waals surface area contributed by atoms with Crippen molar-refractivity contribution in [1.29, 1.82) is 0 Å². The maximum atomic E-state index is 12.4. The maximum absolute atomic E-state index is 12.4. The van der Waals surface area contributed by atoms with Gasteiger partial charge >= 0.3 is 0 Å². The fourth-order valence-corrected chi connectivity index (χ4v) is 3.84. The van der Waals surface area contributed by atoms with Gasteiger partial charge in [0.15, 0.2) is 0 Å². The second kappa shape index (κ2) is 8.41. The van der Waals surface area contributed by atoms with Gasteiger partial charge in [0.1, 0.15) is 6.04 Å². The number of carbonyl (C=O) groups is 3. The van der Waals surface area contributed by atoms with E-state index in [2.05, 4.69) is 38.8 Å². The topological polar surface area (TPSA) is 92.2 Å². The molecule has 0 spiro atoms. The van der Waals surface area contributed by atoms with Crippen LogP contribution >= 0.6 is 0 Å². The Kier molecular flexibility index (Phi) is 5.52. The minimum absolute atomic E-state index is 0.140. The molecule has 2 aromatic carbocycles. The van der Waals surface area contributed by atoms with E-state index in [-0.39, 0.29) is 30.6 Å². The van der Waals surface area contributed by atoms with E-state index >= 15 is 0 Å². The van der Waals surface area contributed by atoms with Crippen LogP contribution in [0.2, 0.25) is 0 Å². The van der Waals surface area contributed by atoms with E-state index in [0.717, 1.165) is 11.9 Å². The van der Waals surface area contributed by atoms with Gasteiger partial charge in [0, 0.05) is 37.1 Å². The average Bonchev–Trinajstić information content (AvgIpc) is 3.00. The zero-order valence-electron chi connectivity index (χ0n) is 16.8. The van der Waals surface area contributed by atoms with Crippen molar-refractivity contribution in [3.63, 3.8) is 0 Å². The van der Waals surface area contributed by atoms with Gasteiger partial charge in [-0.1, -0.05) is 30.3 Å². The number of carbonyl (C=O) groups excluding carboxylic acids is 3. The number of para-hydroxylation sites is 2. The quantitative estimate of drug-likeness (QED) is 0.589. The van der Waals surface area contributed by atoms with E-state index in [0.29, 0.717) is 17.8 Å². The third kappa shape index (κ3) is 4.05. The summed E-state index contributed by atoms with van der Waals surface area (Å²) in [4.78, 5) is 37.0. The summed E-state index contributed by atoms with van der Waals surface area (Å²) in [6.07, 6.45) is 3.21. The summed E-state index contributed by atoms with van der Waals surface area (Å²) in [7, 11) is 2.01. The van der Waals surface area contributed by atoms with Gasteiger partial charge < -0.3 is 20.5 Å². The van der Waals surface area contributed by atoms with Crippen LogP contribution in [-0.2, 0) is 23.1 Å². The minimum atomic E-state index is -0.742. The van der Waals surface area contributed by atoms with Crippen LogP contribution in [0.1, 0.15) is 28.8 Å². The van der Waals surface area contributed by atoms with E-state index in [4.69, 9.17) is 0 Å². The first-order valence-corrected chi connectivity index (χ1v) is 10.0. The summed E-state index contributed by atoms with van der Waals surface area (Å²) in [5.74, 6) is -0.763. The fourth-order valence-electron chi connectivity index (χ4n) is 3.84. The Hall–Kier alpha value is -3.61. The predicted octanol–water partition coefficient (Wildman–Crippen LogP) is 2.37. The molecule has 1 atom stereocenters. The summed E-state index contributed by atoms with van der Waals surface area (Å²) in [6, 6.07) is 14.3. The number of anilines is 1. The second-order valence-corrected chi connectivity index (χ2v) is 7.48. The molecule has 7 heteroatoms. The van der Waals surface area contributed by atoms with Crippen molar-refractivity contribution in [3.8, 4) is 0 Å². The molecule has 1 aliphatic heterocycles. The van der Waals surface area contributed by atoms with Crippen LogP contribution in [0.3, 0.4) is 0 Å². The Bertz CT molecular complexity index is 1120. The lowest BCUT2D eigenvalue weighted by Gasteiger charge is -2.14. The largest absolute Gasteiger partial charge is 0.356 e. The Labute approximate surface area is 174 Å². The first-order chi connectivity index (χ1) is 14.5. The van der Waals surface area contributed by atoms with Gasteiger partial charge in [-0.05, 0) is 36.6 Å². The summed E-state index contributed by atoms with van der Waals surface area (Å²) in [6.45, 7) is 0.515. The molecule has 4 rings (SSSR count). The van der Waals surface area contributed by atoms with Crippen LogP contribution in [0.4, 0.5) is 5.69 Å². The summed E-state index contributed by atoms with van der Waals surface area (Å²) in [5, 5.41) is 9.56. The molecule has 0 aliphatic carbocycles. The lowest BCUT2D eigenvalue weighted by molar-refractivity contribution is -0.121. The Morgan fingerprint density at radius 1 is 1.10 bits per heavy atom. The van der Waals surface area contributed by atoms with Gasteiger partial charge in [-0.15, -0.1) is 0 Å². The van der Waals surface area contributed by atoms with E-state index in [1.54, 1.807) is 24.3 Å². The molecule has 2 heterocycles. The monoisotopic (exact) mass is 404 g/mol. The minimum Gasteiger partial charge on any atom is -0.356 e. The molecule has 0 fully saturated rings. The van der Waals surface area contributed by atoms with Crippen LogP contribution in [-0.4, -0.2) is 34.9 Å². The molecule has 1 aliphatic rings. The van der Waals surface area contributed by atoms with Crippen LogP contribution in [0.25, 0.3) is 10.9 Å². The third-order valence-electron chi connectivity index (χ3n) is 5.41. The number of fused-ring (bicyclic) bond motifs is 2. The highest BCUT2D eigenvalue weighted by Crippen LogP contribution is 2.21. The third-order valence-corrected chi connectivity index (χ3v) is 5.41. The van der Waals surface area contributed by atoms with Crippen molar-refractivity contribution >= 4 is 34.3 Å². The molecule has 3 aromatic rings. The Balaban J connectivity index is 1.29. The van der Waals surface area contributed by atoms with Crippen LogP contribution in [0.15, 0.2) is 54.7 Å². The number of nitrogens with zero attached hydrogens (tertiary/aromatic N) is 1. The van der Waals surface area contributed by atoms with Gasteiger partial charge in [-0.2, -0.15) is 0 Å². The van der Waals surface area contributed by atoms with Gasteiger partial charge in [0.2, 0.25) is 11.8 Å². The summed E-state index contributed by atoms with van der Waals surface area (Å²) >= 11 is 0. The lowest BCUT2D eigenvalue weighted by atomic mass is 10.1. The summed E-state index contributed by atoms with van der Waals surface area (Å²) in [5.41, 5.74) is 3.26. The van der Waals surface area contributed by atoms with Crippen molar-refractivity contribution in [2.24, 2.45) is 7.05 Å². The van der Waals surface area contributed by atoms with Crippen molar-refractivity contribution in [3.05, 3.63) is 65.9 Å². The molecule has 1 unspecified atom stereocenters. The Morgan fingerprint density at radius 2 is 1.87 bits per heavy atom.